The molecule has 0 saturated heterocycles. The molecule has 2 aromatic carbocycles. The van der Waals surface area contributed by atoms with Crippen molar-refractivity contribution in [2.75, 3.05) is 51.5 Å². The van der Waals surface area contributed by atoms with E-state index in [1.54, 1.807) is 7.11 Å². The van der Waals surface area contributed by atoms with Crippen molar-refractivity contribution in [3.05, 3.63) is 53.6 Å². The quantitative estimate of drug-likeness (QED) is 0.476. The van der Waals surface area contributed by atoms with Gasteiger partial charge in [-0.05, 0) is 66.3 Å². The Hall–Kier alpha value is -2.83. The first kappa shape index (κ1) is 23.8. The molecule has 0 fully saturated rings. The van der Waals surface area contributed by atoms with E-state index in [9.17, 15) is 9.90 Å². The lowest BCUT2D eigenvalue weighted by atomic mass is 10.00. The van der Waals surface area contributed by atoms with Gasteiger partial charge in [0.05, 0.1) is 6.61 Å². The van der Waals surface area contributed by atoms with Gasteiger partial charge in [-0.2, -0.15) is 0 Å². The lowest BCUT2D eigenvalue weighted by Crippen LogP contribution is -2.27. The predicted molar refractivity (Wildman–Crippen MR) is 127 cm³/mol. The van der Waals surface area contributed by atoms with Crippen molar-refractivity contribution in [1.29, 1.82) is 0 Å². The second-order valence-corrected chi connectivity index (χ2v) is 7.82. The van der Waals surface area contributed by atoms with Gasteiger partial charge in [0.2, 0.25) is 0 Å². The summed E-state index contributed by atoms with van der Waals surface area (Å²) in [5.41, 5.74) is 4.53. The maximum Gasteiger partial charge on any atom is 0.331 e. The van der Waals surface area contributed by atoms with Crippen LogP contribution in [0.2, 0.25) is 0 Å². The number of methoxy groups -OCH3 is 1. The van der Waals surface area contributed by atoms with Crippen molar-refractivity contribution in [2.45, 2.75) is 26.2 Å². The minimum atomic E-state index is -0.857. The molecule has 1 N–H and O–H groups in total. The van der Waals surface area contributed by atoms with Gasteiger partial charge in [0, 0.05) is 44.7 Å². The number of carboxylic acid groups (broad SMARTS) is 1. The number of carbonyl (C=O) groups is 1. The first-order valence-corrected chi connectivity index (χ1v) is 11.2. The van der Waals surface area contributed by atoms with E-state index in [1.807, 2.05) is 30.3 Å². The minimum absolute atomic E-state index is 0.437. The van der Waals surface area contributed by atoms with Crippen LogP contribution in [0, 0.1) is 0 Å². The number of hydrogen-bond acceptors (Lipinski definition) is 5. The molecule has 2 aromatic rings. The SMILES string of the molecule is CCCOCCOc1ccc(-c2ccc3c(c2)C=C(C(=O)O)CCN3CCCOC)cc1. The second-order valence-electron chi connectivity index (χ2n) is 7.82. The van der Waals surface area contributed by atoms with Gasteiger partial charge in [-0.3, -0.25) is 0 Å². The number of hydrogen-bond donors (Lipinski definition) is 1. The van der Waals surface area contributed by atoms with E-state index >= 15 is 0 Å². The van der Waals surface area contributed by atoms with Crippen LogP contribution in [0.15, 0.2) is 48.0 Å². The van der Waals surface area contributed by atoms with Crippen LogP contribution in [-0.2, 0) is 14.3 Å². The van der Waals surface area contributed by atoms with Gasteiger partial charge in [0.1, 0.15) is 12.4 Å². The van der Waals surface area contributed by atoms with Gasteiger partial charge in [-0.15, -0.1) is 0 Å². The van der Waals surface area contributed by atoms with Crippen molar-refractivity contribution < 1.29 is 24.1 Å². The Balaban J connectivity index is 1.77. The molecular weight excluding hydrogens is 406 g/mol. The molecule has 0 radical (unpaired) electrons. The van der Waals surface area contributed by atoms with Crippen LogP contribution in [0.3, 0.4) is 0 Å². The zero-order valence-corrected chi connectivity index (χ0v) is 19.0. The maximum absolute atomic E-state index is 11.7. The highest BCUT2D eigenvalue weighted by molar-refractivity contribution is 5.94. The van der Waals surface area contributed by atoms with E-state index in [0.717, 1.165) is 54.1 Å². The fourth-order valence-electron chi connectivity index (χ4n) is 3.78. The van der Waals surface area contributed by atoms with Gasteiger partial charge in [-0.1, -0.05) is 25.1 Å². The van der Waals surface area contributed by atoms with E-state index in [1.165, 1.54) is 0 Å². The Morgan fingerprint density at radius 2 is 1.81 bits per heavy atom. The number of nitrogens with zero attached hydrogens (tertiary/aromatic N) is 1. The van der Waals surface area contributed by atoms with Crippen molar-refractivity contribution in [2.24, 2.45) is 0 Å². The monoisotopic (exact) mass is 439 g/mol. The summed E-state index contributed by atoms with van der Waals surface area (Å²) in [7, 11) is 1.70. The number of benzene rings is 2. The number of rotatable bonds is 12. The average Bonchev–Trinajstić information content (AvgIpc) is 2.99. The summed E-state index contributed by atoms with van der Waals surface area (Å²) in [4.78, 5) is 13.9. The van der Waals surface area contributed by atoms with Crippen molar-refractivity contribution >= 4 is 17.7 Å². The van der Waals surface area contributed by atoms with Gasteiger partial charge < -0.3 is 24.2 Å². The Morgan fingerprint density at radius 3 is 2.53 bits per heavy atom. The highest BCUT2D eigenvalue weighted by atomic mass is 16.5. The Labute approximate surface area is 190 Å². The van der Waals surface area contributed by atoms with E-state index in [-0.39, 0.29) is 0 Å². The van der Waals surface area contributed by atoms with Gasteiger partial charge in [0.25, 0.3) is 0 Å². The molecule has 172 valence electrons. The fraction of sp³-hybridized carbons (Fsp3) is 0.423. The zero-order valence-electron chi connectivity index (χ0n) is 19.0. The van der Waals surface area contributed by atoms with Gasteiger partial charge in [0.15, 0.2) is 0 Å². The molecule has 1 aliphatic heterocycles. The first-order chi connectivity index (χ1) is 15.6. The number of anilines is 1. The fourth-order valence-corrected chi connectivity index (χ4v) is 3.78. The van der Waals surface area contributed by atoms with Crippen LogP contribution in [0.25, 0.3) is 17.2 Å². The molecule has 0 spiro atoms. The van der Waals surface area contributed by atoms with Crippen LogP contribution in [-0.4, -0.2) is 57.7 Å². The summed E-state index contributed by atoms with van der Waals surface area (Å²) in [5, 5.41) is 9.60. The van der Waals surface area contributed by atoms with E-state index < -0.39 is 5.97 Å². The van der Waals surface area contributed by atoms with Crippen molar-refractivity contribution in [1.82, 2.24) is 0 Å². The van der Waals surface area contributed by atoms with E-state index in [0.29, 0.717) is 38.4 Å². The number of ether oxygens (including phenoxy) is 3. The summed E-state index contributed by atoms with van der Waals surface area (Å²) in [6.07, 6.45) is 4.22. The van der Waals surface area contributed by atoms with Crippen LogP contribution >= 0.6 is 0 Å². The topological polar surface area (TPSA) is 68.2 Å². The van der Waals surface area contributed by atoms with Gasteiger partial charge in [-0.25, -0.2) is 4.79 Å². The molecule has 6 nitrogen and oxygen atoms in total. The van der Waals surface area contributed by atoms with Crippen molar-refractivity contribution in [3.63, 3.8) is 0 Å². The third-order valence-electron chi connectivity index (χ3n) is 5.43. The summed E-state index contributed by atoms with van der Waals surface area (Å²) in [6, 6.07) is 14.2. The zero-order chi connectivity index (χ0) is 22.8. The van der Waals surface area contributed by atoms with Crippen molar-refractivity contribution in [3.8, 4) is 16.9 Å². The van der Waals surface area contributed by atoms with Gasteiger partial charge >= 0.3 is 5.97 Å². The molecule has 0 aliphatic carbocycles. The minimum Gasteiger partial charge on any atom is -0.491 e. The second kappa shape index (κ2) is 12.3. The van der Waals surface area contributed by atoms with Crippen LogP contribution in [0.1, 0.15) is 31.7 Å². The normalized spacial score (nSPS) is 13.3. The van der Waals surface area contributed by atoms with E-state index in [4.69, 9.17) is 14.2 Å². The largest absolute Gasteiger partial charge is 0.491 e. The lowest BCUT2D eigenvalue weighted by molar-refractivity contribution is -0.132. The third kappa shape index (κ3) is 6.58. The number of fused-ring (bicyclic) bond motifs is 1. The first-order valence-electron chi connectivity index (χ1n) is 11.2. The highest BCUT2D eigenvalue weighted by Gasteiger charge is 2.19. The standard InChI is InChI=1S/C26H33NO5/c1-3-14-31-16-17-32-24-8-5-20(6-9-24)21-7-10-25-23(18-21)19-22(26(28)29)11-13-27(25)12-4-15-30-2/h5-10,18-19H,3-4,11-17H2,1-2H3,(H,28,29). The molecule has 0 aromatic heterocycles. The predicted octanol–water partition coefficient (Wildman–Crippen LogP) is 4.87. The summed E-state index contributed by atoms with van der Waals surface area (Å²) in [5.74, 6) is -0.0505. The molecule has 1 heterocycles. The molecule has 6 heteroatoms. The average molecular weight is 440 g/mol. The maximum atomic E-state index is 11.7. The molecule has 0 atom stereocenters. The summed E-state index contributed by atoms with van der Waals surface area (Å²) in [6.45, 7) is 6.14. The van der Waals surface area contributed by atoms with Crippen LogP contribution in [0.5, 0.6) is 5.75 Å². The van der Waals surface area contributed by atoms with Crippen LogP contribution < -0.4 is 9.64 Å². The molecule has 32 heavy (non-hydrogen) atoms. The Bertz CT molecular complexity index is 907. The van der Waals surface area contributed by atoms with Crippen LogP contribution in [0.4, 0.5) is 5.69 Å². The smallest absolute Gasteiger partial charge is 0.331 e. The molecule has 1 aliphatic rings. The Morgan fingerprint density at radius 1 is 1.03 bits per heavy atom. The summed E-state index contributed by atoms with van der Waals surface area (Å²) >= 11 is 0. The Kier molecular flexibility index (Phi) is 9.13. The molecular formula is C26H33NO5. The molecule has 0 amide bonds. The molecule has 0 bridgehead atoms. The number of aliphatic carboxylic acids is 1. The molecule has 3 rings (SSSR count). The molecule has 0 unspecified atom stereocenters. The third-order valence-corrected chi connectivity index (χ3v) is 5.43. The highest BCUT2D eigenvalue weighted by Crippen LogP contribution is 2.33. The summed E-state index contributed by atoms with van der Waals surface area (Å²) < 4.78 is 16.4. The molecule has 0 saturated carbocycles. The van der Waals surface area contributed by atoms with E-state index in [2.05, 4.69) is 30.0 Å². The lowest BCUT2D eigenvalue weighted by Gasteiger charge is -2.25. The number of carboxylic acids is 1.